The molecule has 0 radical (unpaired) electrons. The lowest BCUT2D eigenvalue weighted by Crippen LogP contribution is -2.27. The van der Waals surface area contributed by atoms with Crippen LogP contribution in [-0.4, -0.2) is 29.2 Å². The van der Waals surface area contributed by atoms with Crippen LogP contribution in [-0.2, 0) is 10.3 Å². The van der Waals surface area contributed by atoms with Crippen molar-refractivity contribution in [3.05, 3.63) is 77.3 Å². The van der Waals surface area contributed by atoms with Crippen LogP contribution < -0.4 is 10.5 Å². The zero-order chi connectivity index (χ0) is 20.4. The second-order valence-electron chi connectivity index (χ2n) is 6.33. The summed E-state index contributed by atoms with van der Waals surface area (Å²) in [6.45, 7) is -2.83. The summed E-state index contributed by atoms with van der Waals surface area (Å²) < 4.78 is 35.0. The van der Waals surface area contributed by atoms with Gasteiger partial charge in [-0.15, -0.1) is 0 Å². The fourth-order valence-corrected chi connectivity index (χ4v) is 3.47. The molecule has 3 aromatic rings. The summed E-state index contributed by atoms with van der Waals surface area (Å²) in [6, 6.07) is 12.2. The Balaban J connectivity index is 1.81. The standard InChI is InChI=1S/C20H15ClF2N4O2/c21-16-7-15(4-5-17(16)29-18(22)23)20(10-28-19(24)27-20)14-3-1-2-12(6-14)13-8-25-11-26-9-13/h1-9,11,18H,10H2,(H2,24,27)/t20-/m0/s1. The molecule has 0 bridgehead atoms. The first kappa shape index (κ1) is 19.1. The van der Waals surface area contributed by atoms with Crippen molar-refractivity contribution in [2.24, 2.45) is 10.7 Å². The number of hydrogen-bond acceptors (Lipinski definition) is 6. The van der Waals surface area contributed by atoms with Gasteiger partial charge >= 0.3 is 6.61 Å². The van der Waals surface area contributed by atoms with Gasteiger partial charge in [0.05, 0.1) is 5.02 Å². The molecule has 4 rings (SSSR count). The first-order chi connectivity index (χ1) is 14.0. The summed E-state index contributed by atoms with van der Waals surface area (Å²) in [5, 5.41) is 0.0375. The van der Waals surface area contributed by atoms with Crippen LogP contribution in [0.5, 0.6) is 5.75 Å². The molecule has 9 heteroatoms. The van der Waals surface area contributed by atoms with Crippen molar-refractivity contribution in [2.45, 2.75) is 12.2 Å². The largest absolute Gasteiger partial charge is 0.462 e. The third kappa shape index (κ3) is 3.71. The minimum atomic E-state index is -2.97. The van der Waals surface area contributed by atoms with E-state index in [9.17, 15) is 8.78 Å². The molecule has 0 aliphatic carbocycles. The van der Waals surface area contributed by atoms with Gasteiger partial charge in [-0.3, -0.25) is 0 Å². The van der Waals surface area contributed by atoms with Gasteiger partial charge in [0.2, 0.25) is 0 Å². The molecule has 6 nitrogen and oxygen atoms in total. The molecule has 1 atom stereocenters. The Kier molecular flexibility index (Phi) is 5.02. The number of nitrogens with zero attached hydrogens (tertiary/aromatic N) is 3. The number of benzene rings is 2. The topological polar surface area (TPSA) is 82.6 Å². The van der Waals surface area contributed by atoms with Crippen molar-refractivity contribution in [3.63, 3.8) is 0 Å². The van der Waals surface area contributed by atoms with Crippen molar-refractivity contribution in [3.8, 4) is 16.9 Å². The lowest BCUT2D eigenvalue weighted by Gasteiger charge is -2.26. The van der Waals surface area contributed by atoms with Crippen molar-refractivity contribution >= 4 is 17.6 Å². The van der Waals surface area contributed by atoms with Crippen molar-refractivity contribution in [1.82, 2.24) is 9.97 Å². The average molecular weight is 417 g/mol. The zero-order valence-electron chi connectivity index (χ0n) is 14.9. The fourth-order valence-electron chi connectivity index (χ4n) is 3.25. The van der Waals surface area contributed by atoms with Gasteiger partial charge in [0.15, 0.2) is 5.54 Å². The first-order valence-corrected chi connectivity index (χ1v) is 8.94. The van der Waals surface area contributed by atoms with Gasteiger partial charge in [0.1, 0.15) is 18.7 Å². The molecule has 1 aliphatic heterocycles. The zero-order valence-corrected chi connectivity index (χ0v) is 15.7. The van der Waals surface area contributed by atoms with E-state index in [0.29, 0.717) is 5.56 Å². The van der Waals surface area contributed by atoms with Crippen LogP contribution in [0.25, 0.3) is 11.1 Å². The molecule has 1 aromatic heterocycles. The molecular formula is C20H15ClF2N4O2. The van der Waals surface area contributed by atoms with E-state index >= 15 is 0 Å². The molecule has 0 spiro atoms. The maximum absolute atomic E-state index is 12.5. The normalized spacial score (nSPS) is 18.4. The summed E-state index contributed by atoms with van der Waals surface area (Å²) >= 11 is 6.17. The quantitative estimate of drug-likeness (QED) is 0.680. The van der Waals surface area contributed by atoms with Crippen molar-refractivity contribution < 1.29 is 18.3 Å². The van der Waals surface area contributed by atoms with Crippen LogP contribution in [0.4, 0.5) is 8.78 Å². The minimum absolute atomic E-state index is 0.0301. The smallest absolute Gasteiger partial charge is 0.387 e. The molecule has 2 N–H and O–H groups in total. The third-order valence-electron chi connectivity index (χ3n) is 4.59. The Labute approximate surface area is 170 Å². The van der Waals surface area contributed by atoms with E-state index in [1.807, 2.05) is 24.3 Å². The highest BCUT2D eigenvalue weighted by Crippen LogP contribution is 2.41. The highest BCUT2D eigenvalue weighted by Gasteiger charge is 2.40. The summed E-state index contributed by atoms with van der Waals surface area (Å²) in [5.41, 5.74) is 7.97. The van der Waals surface area contributed by atoms with Crippen LogP contribution in [0.1, 0.15) is 11.1 Å². The molecule has 0 fully saturated rings. The van der Waals surface area contributed by atoms with Crippen LogP contribution in [0.15, 0.2) is 66.2 Å². The molecule has 0 amide bonds. The molecule has 1 aliphatic rings. The number of amidine groups is 1. The Morgan fingerprint density at radius 1 is 1.07 bits per heavy atom. The number of nitrogens with two attached hydrogens (primary N) is 1. The third-order valence-corrected chi connectivity index (χ3v) is 4.88. The Hall–Kier alpha value is -3.26. The van der Waals surface area contributed by atoms with Crippen LogP contribution in [0, 0.1) is 0 Å². The number of alkyl halides is 2. The molecule has 0 saturated heterocycles. The average Bonchev–Trinajstić information content (AvgIpc) is 3.13. The van der Waals surface area contributed by atoms with E-state index in [1.165, 1.54) is 18.5 Å². The molecule has 0 saturated carbocycles. The number of aromatic nitrogens is 2. The monoisotopic (exact) mass is 416 g/mol. The van der Waals surface area contributed by atoms with E-state index in [1.54, 1.807) is 18.5 Å². The van der Waals surface area contributed by atoms with Gasteiger partial charge in [0, 0.05) is 18.0 Å². The fraction of sp³-hybridized carbons (Fsp3) is 0.150. The van der Waals surface area contributed by atoms with E-state index in [2.05, 4.69) is 19.7 Å². The maximum Gasteiger partial charge on any atom is 0.387 e. The van der Waals surface area contributed by atoms with E-state index < -0.39 is 12.2 Å². The highest BCUT2D eigenvalue weighted by atomic mass is 35.5. The van der Waals surface area contributed by atoms with E-state index in [-0.39, 0.29) is 23.4 Å². The van der Waals surface area contributed by atoms with Gasteiger partial charge in [-0.25, -0.2) is 15.0 Å². The molecule has 148 valence electrons. The predicted molar refractivity (Wildman–Crippen MR) is 104 cm³/mol. The SMILES string of the molecule is NC1=N[C@@](c2cccc(-c3cncnc3)c2)(c2ccc(OC(F)F)c(Cl)c2)CO1. The maximum atomic E-state index is 12.5. The lowest BCUT2D eigenvalue weighted by molar-refractivity contribution is -0.0498. The number of halogens is 3. The Morgan fingerprint density at radius 3 is 2.48 bits per heavy atom. The Morgan fingerprint density at radius 2 is 1.83 bits per heavy atom. The van der Waals surface area contributed by atoms with Crippen LogP contribution in [0.3, 0.4) is 0 Å². The van der Waals surface area contributed by atoms with E-state index in [4.69, 9.17) is 22.1 Å². The summed E-state index contributed by atoms with van der Waals surface area (Å²) in [6.07, 6.45) is 4.86. The second kappa shape index (κ2) is 7.63. The molecule has 2 heterocycles. The molecule has 29 heavy (non-hydrogen) atoms. The van der Waals surface area contributed by atoms with Gasteiger partial charge in [-0.05, 0) is 34.9 Å². The van der Waals surface area contributed by atoms with Gasteiger partial charge in [-0.1, -0.05) is 35.9 Å². The highest BCUT2D eigenvalue weighted by molar-refractivity contribution is 6.32. The van der Waals surface area contributed by atoms with Crippen molar-refractivity contribution in [2.75, 3.05) is 6.61 Å². The lowest BCUT2D eigenvalue weighted by atomic mass is 9.83. The molecular weight excluding hydrogens is 402 g/mol. The first-order valence-electron chi connectivity index (χ1n) is 8.57. The van der Waals surface area contributed by atoms with Crippen LogP contribution in [0.2, 0.25) is 5.02 Å². The van der Waals surface area contributed by atoms with Gasteiger partial charge < -0.3 is 15.2 Å². The molecule has 0 unspecified atom stereocenters. The minimum Gasteiger partial charge on any atom is -0.462 e. The summed E-state index contributed by atoms with van der Waals surface area (Å²) in [5.74, 6) is -0.119. The van der Waals surface area contributed by atoms with Crippen molar-refractivity contribution in [1.29, 1.82) is 0 Å². The Bertz CT molecular complexity index is 1070. The van der Waals surface area contributed by atoms with Crippen LogP contribution >= 0.6 is 11.6 Å². The number of hydrogen-bond donors (Lipinski definition) is 1. The second-order valence-corrected chi connectivity index (χ2v) is 6.74. The predicted octanol–water partition coefficient (Wildman–Crippen LogP) is 3.99. The molecule has 2 aromatic carbocycles. The van der Waals surface area contributed by atoms with E-state index in [0.717, 1.165) is 16.7 Å². The number of ether oxygens (including phenoxy) is 2. The van der Waals surface area contributed by atoms with Gasteiger partial charge in [0.25, 0.3) is 6.02 Å². The number of rotatable bonds is 5. The summed E-state index contributed by atoms with van der Waals surface area (Å²) in [7, 11) is 0. The number of aliphatic imine (C=N–C) groups is 1. The van der Waals surface area contributed by atoms with Gasteiger partial charge in [-0.2, -0.15) is 8.78 Å². The summed E-state index contributed by atoms with van der Waals surface area (Å²) in [4.78, 5) is 12.6.